The maximum Gasteiger partial charge on any atom is 0.144 e. The normalized spacial score (nSPS) is 23.3. The molecule has 3 N–H and O–H groups in total. The van der Waals surface area contributed by atoms with Gasteiger partial charge in [0.25, 0.3) is 0 Å². The van der Waals surface area contributed by atoms with Crippen LogP contribution in [0.2, 0.25) is 0 Å². The smallest absolute Gasteiger partial charge is 0.144 e. The van der Waals surface area contributed by atoms with E-state index in [4.69, 9.17) is 11.0 Å². The van der Waals surface area contributed by atoms with Crippen molar-refractivity contribution in [2.75, 3.05) is 11.1 Å². The number of rotatable bonds is 3. The van der Waals surface area contributed by atoms with Crippen molar-refractivity contribution in [1.82, 2.24) is 4.98 Å². The van der Waals surface area contributed by atoms with E-state index in [1.54, 1.807) is 12.3 Å². The Morgan fingerprint density at radius 2 is 2.28 bits per heavy atom. The minimum absolute atomic E-state index is 0.437. The molecule has 1 heterocycles. The van der Waals surface area contributed by atoms with Gasteiger partial charge in [-0.2, -0.15) is 5.26 Å². The summed E-state index contributed by atoms with van der Waals surface area (Å²) in [6.45, 7) is 2.23. The van der Waals surface area contributed by atoms with Gasteiger partial charge in [-0.05, 0) is 24.8 Å². The van der Waals surface area contributed by atoms with Crippen LogP contribution in [0.3, 0.4) is 0 Å². The molecule has 0 aromatic carbocycles. The van der Waals surface area contributed by atoms with E-state index < -0.39 is 0 Å². The summed E-state index contributed by atoms with van der Waals surface area (Å²) >= 11 is 0. The predicted molar refractivity (Wildman–Crippen MR) is 73.0 cm³/mol. The molecular formula is C14H20N4. The fraction of sp³-hybridized carbons (Fsp3) is 0.571. The number of nitrogens with one attached hydrogen (secondary N) is 1. The summed E-state index contributed by atoms with van der Waals surface area (Å²) in [5, 5.41) is 12.5. The quantitative estimate of drug-likeness (QED) is 0.857. The molecule has 2 unspecified atom stereocenters. The van der Waals surface area contributed by atoms with Crippen molar-refractivity contribution in [3.05, 3.63) is 17.8 Å². The highest BCUT2D eigenvalue weighted by Gasteiger charge is 2.24. The number of hydrogen-bond donors (Lipinski definition) is 2. The fourth-order valence-corrected chi connectivity index (χ4v) is 2.74. The van der Waals surface area contributed by atoms with E-state index in [1.807, 2.05) is 0 Å². The Morgan fingerprint density at radius 3 is 3.00 bits per heavy atom. The summed E-state index contributed by atoms with van der Waals surface area (Å²) in [6.07, 6.45) is 7.78. The minimum Gasteiger partial charge on any atom is -0.397 e. The highest BCUT2D eigenvalue weighted by molar-refractivity contribution is 5.57. The Morgan fingerprint density at radius 1 is 1.50 bits per heavy atom. The average molecular weight is 244 g/mol. The lowest BCUT2D eigenvalue weighted by molar-refractivity contribution is 0.317. The molecule has 1 aliphatic rings. The van der Waals surface area contributed by atoms with Gasteiger partial charge in [0, 0.05) is 6.04 Å². The van der Waals surface area contributed by atoms with Crippen LogP contribution in [0, 0.1) is 17.2 Å². The van der Waals surface area contributed by atoms with Gasteiger partial charge in [0.2, 0.25) is 0 Å². The van der Waals surface area contributed by atoms with Crippen LogP contribution in [0.15, 0.2) is 12.3 Å². The molecule has 1 fully saturated rings. The Labute approximate surface area is 108 Å². The van der Waals surface area contributed by atoms with E-state index in [0.29, 0.717) is 29.0 Å². The van der Waals surface area contributed by atoms with E-state index in [9.17, 15) is 0 Å². The molecule has 1 aromatic heterocycles. The van der Waals surface area contributed by atoms with Gasteiger partial charge in [-0.3, -0.25) is 0 Å². The first-order chi connectivity index (χ1) is 8.74. The molecule has 1 saturated carbocycles. The second-order valence-electron chi connectivity index (χ2n) is 4.98. The van der Waals surface area contributed by atoms with Crippen molar-refractivity contribution in [1.29, 1.82) is 5.26 Å². The monoisotopic (exact) mass is 244 g/mol. The SMILES string of the molecule is CCC1CCCCC1Nc1ncc(N)cc1C#N. The second-order valence-corrected chi connectivity index (χ2v) is 4.98. The molecule has 0 radical (unpaired) electrons. The maximum atomic E-state index is 9.11. The number of pyridine rings is 1. The van der Waals surface area contributed by atoms with Gasteiger partial charge in [0.15, 0.2) is 0 Å². The first-order valence-electron chi connectivity index (χ1n) is 6.66. The predicted octanol–water partition coefficient (Wildman–Crippen LogP) is 2.92. The van der Waals surface area contributed by atoms with Crippen LogP contribution in [0.25, 0.3) is 0 Å². The third-order valence-electron chi connectivity index (χ3n) is 3.78. The summed E-state index contributed by atoms with van der Waals surface area (Å²) in [6, 6.07) is 4.27. The van der Waals surface area contributed by atoms with Gasteiger partial charge in [-0.25, -0.2) is 4.98 Å². The molecule has 4 nitrogen and oxygen atoms in total. The topological polar surface area (TPSA) is 74.7 Å². The summed E-state index contributed by atoms with van der Waals surface area (Å²) in [5.41, 5.74) is 6.72. The van der Waals surface area contributed by atoms with E-state index in [2.05, 4.69) is 23.3 Å². The van der Waals surface area contributed by atoms with Gasteiger partial charge in [-0.15, -0.1) is 0 Å². The third kappa shape index (κ3) is 2.73. The van der Waals surface area contributed by atoms with Gasteiger partial charge < -0.3 is 11.1 Å². The van der Waals surface area contributed by atoms with Gasteiger partial charge in [-0.1, -0.05) is 26.2 Å². The van der Waals surface area contributed by atoms with Crippen molar-refractivity contribution in [3.8, 4) is 6.07 Å². The molecule has 18 heavy (non-hydrogen) atoms. The highest BCUT2D eigenvalue weighted by atomic mass is 15.0. The van der Waals surface area contributed by atoms with Crippen LogP contribution in [-0.2, 0) is 0 Å². The Bertz CT molecular complexity index is 450. The lowest BCUT2D eigenvalue weighted by atomic mass is 9.83. The minimum atomic E-state index is 0.437. The summed E-state index contributed by atoms with van der Waals surface area (Å²) < 4.78 is 0. The first-order valence-corrected chi connectivity index (χ1v) is 6.66. The molecule has 2 rings (SSSR count). The van der Waals surface area contributed by atoms with Crippen LogP contribution in [0.5, 0.6) is 0 Å². The number of aromatic nitrogens is 1. The van der Waals surface area contributed by atoms with Crippen molar-refractivity contribution in [2.45, 2.75) is 45.1 Å². The zero-order chi connectivity index (χ0) is 13.0. The second kappa shape index (κ2) is 5.72. The molecule has 4 heteroatoms. The summed E-state index contributed by atoms with van der Waals surface area (Å²) in [7, 11) is 0. The van der Waals surface area contributed by atoms with E-state index in [1.165, 1.54) is 25.7 Å². The highest BCUT2D eigenvalue weighted by Crippen LogP contribution is 2.29. The van der Waals surface area contributed by atoms with Gasteiger partial charge >= 0.3 is 0 Å². The molecular weight excluding hydrogens is 224 g/mol. The number of hydrogen-bond acceptors (Lipinski definition) is 4. The number of nitriles is 1. The molecule has 0 amide bonds. The first kappa shape index (κ1) is 12.7. The summed E-state index contributed by atoms with van der Waals surface area (Å²) in [5.74, 6) is 1.36. The average Bonchev–Trinajstić information content (AvgIpc) is 2.41. The van der Waals surface area contributed by atoms with Gasteiger partial charge in [0.05, 0.1) is 17.4 Å². The van der Waals surface area contributed by atoms with Crippen molar-refractivity contribution in [2.24, 2.45) is 5.92 Å². The Hall–Kier alpha value is -1.76. The molecule has 1 aromatic rings. The molecule has 96 valence electrons. The standard InChI is InChI=1S/C14H20N4/c1-2-10-5-3-4-6-13(10)18-14-11(8-15)7-12(16)9-17-14/h7,9-10,13H,2-6,16H2,1H3,(H,17,18). The lowest BCUT2D eigenvalue weighted by Crippen LogP contribution is -2.32. The molecule has 0 bridgehead atoms. The fourth-order valence-electron chi connectivity index (χ4n) is 2.74. The largest absolute Gasteiger partial charge is 0.397 e. The van der Waals surface area contributed by atoms with Crippen LogP contribution in [0.4, 0.5) is 11.5 Å². The molecule has 2 atom stereocenters. The van der Waals surface area contributed by atoms with Crippen molar-refractivity contribution in [3.63, 3.8) is 0 Å². The zero-order valence-corrected chi connectivity index (χ0v) is 10.8. The zero-order valence-electron chi connectivity index (χ0n) is 10.8. The number of nitrogen functional groups attached to an aromatic ring is 1. The molecule has 0 saturated heterocycles. The molecule has 0 aliphatic heterocycles. The lowest BCUT2D eigenvalue weighted by Gasteiger charge is -2.32. The van der Waals surface area contributed by atoms with Crippen LogP contribution < -0.4 is 11.1 Å². The summed E-state index contributed by atoms with van der Waals surface area (Å²) in [4.78, 5) is 4.25. The molecule has 0 spiro atoms. The Balaban J connectivity index is 2.15. The van der Waals surface area contributed by atoms with Crippen LogP contribution in [0.1, 0.15) is 44.6 Å². The van der Waals surface area contributed by atoms with Crippen LogP contribution in [-0.4, -0.2) is 11.0 Å². The number of anilines is 2. The van der Waals surface area contributed by atoms with Crippen molar-refractivity contribution < 1.29 is 0 Å². The molecule has 1 aliphatic carbocycles. The number of nitrogens with zero attached hydrogens (tertiary/aromatic N) is 2. The van der Waals surface area contributed by atoms with E-state index in [0.717, 1.165) is 6.42 Å². The third-order valence-corrected chi connectivity index (χ3v) is 3.78. The van der Waals surface area contributed by atoms with Crippen LogP contribution >= 0.6 is 0 Å². The van der Waals surface area contributed by atoms with Crippen molar-refractivity contribution >= 4 is 11.5 Å². The van der Waals surface area contributed by atoms with E-state index >= 15 is 0 Å². The van der Waals surface area contributed by atoms with Gasteiger partial charge in [0.1, 0.15) is 11.9 Å². The number of nitrogens with two attached hydrogens (primary N) is 1. The Kier molecular flexibility index (Phi) is 4.03. The maximum absolute atomic E-state index is 9.11. The van der Waals surface area contributed by atoms with E-state index in [-0.39, 0.29) is 0 Å².